The Kier molecular flexibility index (Phi) is 4.22. The third-order valence-corrected chi connectivity index (χ3v) is 4.67. The van der Waals surface area contributed by atoms with Crippen LogP contribution in [0.4, 0.5) is 4.79 Å². The summed E-state index contributed by atoms with van der Waals surface area (Å²) in [5.41, 5.74) is 7.54. The average Bonchev–Trinajstić information content (AvgIpc) is 3.00. The number of urea groups is 1. The fraction of sp³-hybridized carbons (Fsp3) is 0.353. The van der Waals surface area contributed by atoms with E-state index in [2.05, 4.69) is 10.9 Å². The van der Waals surface area contributed by atoms with Crippen LogP contribution in [0.2, 0.25) is 0 Å². The van der Waals surface area contributed by atoms with Gasteiger partial charge in [-0.15, -0.1) is 0 Å². The maximum Gasteiger partial charge on any atom is 0.333 e. The Morgan fingerprint density at radius 2 is 1.56 bits per heavy atom. The summed E-state index contributed by atoms with van der Waals surface area (Å²) in [4.78, 5) is 38.7. The standard InChI is InChI=1S/C17H20N4O4/c1-9-13(10-5-7-11(25-4)8-6-10)18-19-14(9)12-15(22)20(2)17(24)21(3)16(12)23/h5-9,13,18-19H,1-4H3. The van der Waals surface area contributed by atoms with Gasteiger partial charge in [0.15, 0.2) is 0 Å². The van der Waals surface area contributed by atoms with E-state index in [1.807, 2.05) is 31.2 Å². The number of rotatable bonds is 2. The van der Waals surface area contributed by atoms with Crippen molar-refractivity contribution in [2.75, 3.05) is 21.2 Å². The molecule has 0 spiro atoms. The van der Waals surface area contributed by atoms with E-state index < -0.39 is 17.8 Å². The summed E-state index contributed by atoms with van der Waals surface area (Å²) in [6.45, 7) is 1.92. The van der Waals surface area contributed by atoms with Crippen molar-refractivity contribution in [3.63, 3.8) is 0 Å². The van der Waals surface area contributed by atoms with Crippen LogP contribution in [0.1, 0.15) is 18.5 Å². The van der Waals surface area contributed by atoms with Gasteiger partial charge in [-0.2, -0.15) is 0 Å². The van der Waals surface area contributed by atoms with Gasteiger partial charge in [0.2, 0.25) is 0 Å². The first-order chi connectivity index (χ1) is 11.9. The predicted molar refractivity (Wildman–Crippen MR) is 89.1 cm³/mol. The van der Waals surface area contributed by atoms with Gasteiger partial charge in [-0.05, 0) is 17.7 Å². The van der Waals surface area contributed by atoms with Crippen LogP contribution in [0, 0.1) is 5.92 Å². The van der Waals surface area contributed by atoms with Gasteiger partial charge in [0.1, 0.15) is 11.3 Å². The van der Waals surface area contributed by atoms with Crippen LogP contribution < -0.4 is 15.6 Å². The molecule has 0 radical (unpaired) electrons. The van der Waals surface area contributed by atoms with E-state index in [0.717, 1.165) is 21.1 Å². The summed E-state index contributed by atoms with van der Waals surface area (Å²) in [5.74, 6) is -0.606. The third kappa shape index (κ3) is 2.64. The normalized spacial score (nSPS) is 24.1. The van der Waals surface area contributed by atoms with E-state index in [9.17, 15) is 14.4 Å². The first-order valence-corrected chi connectivity index (χ1v) is 7.86. The number of barbiturate groups is 1. The molecule has 2 N–H and O–H groups in total. The largest absolute Gasteiger partial charge is 0.497 e. The molecule has 2 fully saturated rings. The Morgan fingerprint density at radius 3 is 2.08 bits per heavy atom. The van der Waals surface area contributed by atoms with Crippen molar-refractivity contribution in [1.82, 2.24) is 20.7 Å². The second-order valence-corrected chi connectivity index (χ2v) is 6.11. The number of amides is 4. The van der Waals surface area contributed by atoms with Crippen molar-refractivity contribution in [2.45, 2.75) is 13.0 Å². The lowest BCUT2D eigenvalue weighted by molar-refractivity contribution is -0.134. The minimum atomic E-state index is -0.635. The molecule has 2 aliphatic heterocycles. The Balaban J connectivity index is 1.95. The van der Waals surface area contributed by atoms with Crippen LogP contribution in [0.25, 0.3) is 0 Å². The van der Waals surface area contributed by atoms with Crippen molar-refractivity contribution >= 4 is 17.8 Å². The fourth-order valence-electron chi connectivity index (χ4n) is 3.09. The summed E-state index contributed by atoms with van der Waals surface area (Å²) in [5, 5.41) is 0. The molecule has 0 bridgehead atoms. The number of imide groups is 2. The van der Waals surface area contributed by atoms with Crippen molar-refractivity contribution in [3.8, 4) is 5.75 Å². The first-order valence-electron chi connectivity index (χ1n) is 7.86. The van der Waals surface area contributed by atoms with Gasteiger partial charge in [0.25, 0.3) is 11.8 Å². The highest BCUT2D eigenvalue weighted by Crippen LogP contribution is 2.34. The third-order valence-electron chi connectivity index (χ3n) is 4.67. The smallest absolute Gasteiger partial charge is 0.333 e. The molecule has 2 aliphatic rings. The second kappa shape index (κ2) is 6.21. The van der Waals surface area contributed by atoms with Crippen LogP contribution >= 0.6 is 0 Å². The summed E-state index contributed by atoms with van der Waals surface area (Å²) < 4.78 is 5.16. The lowest BCUT2D eigenvalue weighted by atomic mass is 9.91. The summed E-state index contributed by atoms with van der Waals surface area (Å²) in [6.07, 6.45) is 0. The van der Waals surface area contributed by atoms with Crippen molar-refractivity contribution < 1.29 is 19.1 Å². The number of nitrogens with zero attached hydrogens (tertiary/aromatic N) is 2. The Hall–Kier alpha value is -2.87. The monoisotopic (exact) mass is 344 g/mol. The SMILES string of the molecule is COc1ccc(C2NNC(=C3C(=O)N(C)C(=O)N(C)C3=O)C2C)cc1. The fourth-order valence-corrected chi connectivity index (χ4v) is 3.09. The zero-order chi connectivity index (χ0) is 18.3. The van der Waals surface area contributed by atoms with Crippen LogP contribution in [-0.2, 0) is 9.59 Å². The highest BCUT2D eigenvalue weighted by Gasteiger charge is 2.43. The number of hydrogen-bond donors (Lipinski definition) is 2. The van der Waals surface area contributed by atoms with E-state index in [1.165, 1.54) is 14.1 Å². The molecule has 8 nitrogen and oxygen atoms in total. The number of hydrogen-bond acceptors (Lipinski definition) is 6. The molecule has 1 aromatic rings. The van der Waals surface area contributed by atoms with E-state index in [-0.39, 0.29) is 17.5 Å². The van der Waals surface area contributed by atoms with Crippen LogP contribution in [0.5, 0.6) is 5.75 Å². The van der Waals surface area contributed by atoms with Crippen molar-refractivity contribution in [1.29, 1.82) is 0 Å². The maximum absolute atomic E-state index is 12.5. The Labute approximate surface area is 145 Å². The summed E-state index contributed by atoms with van der Waals surface area (Å²) >= 11 is 0. The Morgan fingerprint density at radius 1 is 1.00 bits per heavy atom. The van der Waals surface area contributed by atoms with Gasteiger partial charge in [-0.1, -0.05) is 19.1 Å². The molecule has 8 heteroatoms. The number of carbonyl (C=O) groups excluding carboxylic acids is 3. The first kappa shape index (κ1) is 17.0. The lowest BCUT2D eigenvalue weighted by Crippen LogP contribution is -2.54. The number of nitrogens with one attached hydrogen (secondary N) is 2. The number of likely N-dealkylation sites (N-methyl/N-ethyl adjacent to an activating group) is 2. The highest BCUT2D eigenvalue weighted by atomic mass is 16.5. The topological polar surface area (TPSA) is 91.0 Å². The quantitative estimate of drug-likeness (QED) is 0.609. The zero-order valence-corrected chi connectivity index (χ0v) is 14.5. The van der Waals surface area contributed by atoms with Crippen LogP contribution in [0.3, 0.4) is 0 Å². The van der Waals surface area contributed by atoms with E-state index >= 15 is 0 Å². The lowest BCUT2D eigenvalue weighted by Gasteiger charge is -2.30. The molecule has 0 saturated carbocycles. The summed E-state index contributed by atoms with van der Waals surface area (Å²) in [6, 6.07) is 6.80. The van der Waals surface area contributed by atoms with Crippen LogP contribution in [-0.4, -0.2) is 48.9 Å². The molecular weight excluding hydrogens is 324 g/mol. The molecule has 0 aromatic heterocycles. The molecule has 2 atom stereocenters. The number of carbonyl (C=O) groups is 3. The van der Waals surface area contributed by atoms with Crippen LogP contribution in [0.15, 0.2) is 35.5 Å². The minimum absolute atomic E-state index is 0.0133. The van der Waals surface area contributed by atoms with Gasteiger partial charge in [0, 0.05) is 25.7 Å². The minimum Gasteiger partial charge on any atom is -0.497 e. The van der Waals surface area contributed by atoms with E-state index in [0.29, 0.717) is 5.70 Å². The van der Waals surface area contributed by atoms with Crippen molar-refractivity contribution in [3.05, 3.63) is 41.1 Å². The molecule has 4 amide bonds. The molecule has 2 saturated heterocycles. The number of benzene rings is 1. The number of ether oxygens (including phenoxy) is 1. The summed E-state index contributed by atoms with van der Waals surface area (Å²) in [7, 11) is 4.33. The van der Waals surface area contributed by atoms with E-state index in [1.54, 1.807) is 7.11 Å². The van der Waals surface area contributed by atoms with Gasteiger partial charge in [-0.3, -0.25) is 19.4 Å². The molecule has 0 aliphatic carbocycles. The Bertz CT molecular complexity index is 745. The highest BCUT2D eigenvalue weighted by molar-refractivity contribution is 6.28. The average molecular weight is 344 g/mol. The van der Waals surface area contributed by atoms with Gasteiger partial charge < -0.3 is 10.2 Å². The maximum atomic E-state index is 12.5. The molecule has 3 rings (SSSR count). The molecule has 1 aromatic carbocycles. The van der Waals surface area contributed by atoms with Gasteiger partial charge in [-0.25, -0.2) is 10.2 Å². The molecular formula is C17H20N4O4. The number of hydrazine groups is 1. The van der Waals surface area contributed by atoms with Gasteiger partial charge in [0.05, 0.1) is 13.2 Å². The van der Waals surface area contributed by atoms with E-state index in [4.69, 9.17) is 4.74 Å². The predicted octanol–water partition coefficient (Wildman–Crippen LogP) is 0.785. The van der Waals surface area contributed by atoms with Gasteiger partial charge >= 0.3 is 6.03 Å². The molecule has 132 valence electrons. The zero-order valence-electron chi connectivity index (χ0n) is 14.5. The number of methoxy groups -OCH3 is 1. The second-order valence-electron chi connectivity index (χ2n) is 6.11. The molecule has 2 unspecified atom stereocenters. The molecule has 2 heterocycles. The molecule has 25 heavy (non-hydrogen) atoms. The van der Waals surface area contributed by atoms with Crippen molar-refractivity contribution in [2.24, 2.45) is 5.92 Å².